The molecule has 0 aliphatic rings. The number of methoxy groups -OCH3 is 1. The van der Waals surface area contributed by atoms with E-state index in [-0.39, 0.29) is 0 Å². The summed E-state index contributed by atoms with van der Waals surface area (Å²) in [5.74, 6) is 1.35. The molecule has 0 aliphatic heterocycles. The highest BCUT2D eigenvalue weighted by Crippen LogP contribution is 2.22. The van der Waals surface area contributed by atoms with Crippen molar-refractivity contribution < 1.29 is 13.2 Å². The Hall–Kier alpha value is -1.51. The number of nitrogens with zero attached hydrogens (tertiary/aromatic N) is 1. The predicted molar refractivity (Wildman–Crippen MR) is 108 cm³/mol. The number of rotatable bonds is 9. The van der Waals surface area contributed by atoms with Crippen LogP contribution in [0.2, 0.25) is 5.02 Å². The molecule has 0 amide bonds. The molecule has 0 saturated carbocycles. The minimum Gasteiger partial charge on any atom is -0.497 e. The lowest BCUT2D eigenvalue weighted by molar-refractivity contribution is 0.414. The minimum absolute atomic E-state index is 0.304. The molecule has 9 heteroatoms. The summed E-state index contributed by atoms with van der Waals surface area (Å²) in [6, 6.07) is 5.60. The molecule has 0 atom stereocenters. The van der Waals surface area contributed by atoms with Crippen molar-refractivity contribution in [1.82, 2.24) is 15.4 Å². The zero-order valence-corrected chi connectivity index (χ0v) is 17.6. The highest BCUT2D eigenvalue weighted by Gasteiger charge is 2.21. The Morgan fingerprint density at radius 2 is 2.00 bits per heavy atom. The summed E-state index contributed by atoms with van der Waals surface area (Å²) in [6.07, 6.45) is 1.86. The topological polar surface area (TPSA) is 91.8 Å². The van der Waals surface area contributed by atoms with Gasteiger partial charge in [0.1, 0.15) is 5.75 Å². The van der Waals surface area contributed by atoms with Gasteiger partial charge in [0.15, 0.2) is 5.96 Å². The summed E-state index contributed by atoms with van der Waals surface area (Å²) in [7, 11) is -1.69. The van der Waals surface area contributed by atoms with Crippen LogP contribution in [0, 0.1) is 0 Å². The van der Waals surface area contributed by atoms with Crippen LogP contribution in [-0.4, -0.2) is 52.9 Å². The van der Waals surface area contributed by atoms with Crippen LogP contribution in [0.3, 0.4) is 0 Å². The van der Waals surface area contributed by atoms with E-state index in [9.17, 15) is 8.42 Å². The molecule has 0 fully saturated rings. The average molecular weight is 405 g/mol. The number of aliphatic imine (C=N–C) groups is 1. The van der Waals surface area contributed by atoms with Gasteiger partial charge in [0, 0.05) is 23.7 Å². The van der Waals surface area contributed by atoms with E-state index in [1.54, 1.807) is 27.0 Å². The summed E-state index contributed by atoms with van der Waals surface area (Å²) >= 11 is 6.25. The molecule has 0 bridgehead atoms. The quantitative estimate of drug-likeness (QED) is 0.431. The third kappa shape index (κ3) is 8.73. The van der Waals surface area contributed by atoms with E-state index < -0.39 is 15.6 Å². The van der Waals surface area contributed by atoms with E-state index in [4.69, 9.17) is 16.3 Å². The van der Waals surface area contributed by atoms with Gasteiger partial charge in [0.05, 0.1) is 19.9 Å². The van der Waals surface area contributed by atoms with Crippen molar-refractivity contribution in [3.63, 3.8) is 0 Å². The van der Waals surface area contributed by atoms with Gasteiger partial charge in [0.2, 0.25) is 10.0 Å². The van der Waals surface area contributed by atoms with Crippen LogP contribution in [0.15, 0.2) is 23.2 Å². The van der Waals surface area contributed by atoms with E-state index in [0.717, 1.165) is 24.0 Å². The molecule has 26 heavy (non-hydrogen) atoms. The van der Waals surface area contributed by atoms with E-state index in [0.29, 0.717) is 30.6 Å². The second kappa shape index (κ2) is 9.99. The lowest BCUT2D eigenvalue weighted by Crippen LogP contribution is -2.47. The lowest BCUT2D eigenvalue weighted by Gasteiger charge is -2.23. The van der Waals surface area contributed by atoms with Gasteiger partial charge in [-0.1, -0.05) is 17.7 Å². The van der Waals surface area contributed by atoms with Gasteiger partial charge in [-0.05, 0) is 44.9 Å². The maximum atomic E-state index is 11.4. The molecule has 1 rings (SSSR count). The van der Waals surface area contributed by atoms with E-state index in [1.165, 1.54) is 0 Å². The van der Waals surface area contributed by atoms with Gasteiger partial charge in [-0.15, -0.1) is 0 Å². The maximum absolute atomic E-state index is 11.4. The van der Waals surface area contributed by atoms with Gasteiger partial charge in [-0.2, -0.15) is 0 Å². The van der Waals surface area contributed by atoms with Crippen molar-refractivity contribution in [3.05, 3.63) is 28.8 Å². The number of hydrogen-bond donors (Lipinski definition) is 3. The van der Waals surface area contributed by atoms with E-state index >= 15 is 0 Å². The second-order valence-corrected chi connectivity index (χ2v) is 8.74. The van der Waals surface area contributed by atoms with Crippen LogP contribution in [0.25, 0.3) is 0 Å². The zero-order chi connectivity index (χ0) is 19.8. The number of ether oxygens (including phenoxy) is 1. The SMILES string of the molecule is CCNC(=NCC(C)(C)NS(C)(=O)=O)NCCc1ccc(OC)cc1Cl. The molecular formula is C17H29ClN4O3S. The molecule has 148 valence electrons. The van der Waals surface area contributed by atoms with Gasteiger partial charge in [-0.3, -0.25) is 4.99 Å². The summed E-state index contributed by atoms with van der Waals surface area (Å²) in [5, 5.41) is 7.04. The monoisotopic (exact) mass is 404 g/mol. The first-order valence-electron chi connectivity index (χ1n) is 8.40. The van der Waals surface area contributed by atoms with Gasteiger partial charge < -0.3 is 15.4 Å². The number of hydrogen-bond acceptors (Lipinski definition) is 4. The predicted octanol–water partition coefficient (Wildman–Crippen LogP) is 1.77. The molecule has 7 nitrogen and oxygen atoms in total. The molecule has 0 radical (unpaired) electrons. The Morgan fingerprint density at radius 3 is 2.54 bits per heavy atom. The number of sulfonamides is 1. The fourth-order valence-electron chi connectivity index (χ4n) is 2.33. The first kappa shape index (κ1) is 22.5. The Balaban J connectivity index is 2.65. The van der Waals surface area contributed by atoms with Crippen molar-refractivity contribution in [1.29, 1.82) is 0 Å². The lowest BCUT2D eigenvalue weighted by atomic mass is 10.1. The van der Waals surface area contributed by atoms with Gasteiger partial charge >= 0.3 is 0 Å². The van der Waals surface area contributed by atoms with Crippen molar-refractivity contribution in [2.24, 2.45) is 4.99 Å². The maximum Gasteiger partial charge on any atom is 0.209 e. The highest BCUT2D eigenvalue weighted by atomic mass is 35.5. The van der Waals surface area contributed by atoms with Crippen molar-refractivity contribution in [2.75, 3.05) is 33.0 Å². The Morgan fingerprint density at radius 1 is 1.31 bits per heavy atom. The van der Waals surface area contributed by atoms with Crippen molar-refractivity contribution in [3.8, 4) is 5.75 Å². The molecule has 1 aromatic carbocycles. The third-order valence-corrected chi connectivity index (χ3v) is 4.66. The van der Waals surface area contributed by atoms with Crippen molar-refractivity contribution >= 4 is 27.6 Å². The number of halogens is 1. The largest absolute Gasteiger partial charge is 0.497 e. The van der Waals surface area contributed by atoms with Crippen LogP contribution < -0.4 is 20.1 Å². The fourth-order valence-corrected chi connectivity index (χ4v) is 3.66. The zero-order valence-electron chi connectivity index (χ0n) is 16.0. The first-order chi connectivity index (χ1) is 12.1. The Labute approximate surface area is 161 Å². The summed E-state index contributed by atoms with van der Waals surface area (Å²) in [6.45, 7) is 7.19. The molecule has 0 heterocycles. The van der Waals surface area contributed by atoms with Gasteiger partial charge in [-0.25, -0.2) is 13.1 Å². The number of benzene rings is 1. The fraction of sp³-hybridized carbons (Fsp3) is 0.588. The van der Waals surface area contributed by atoms with Crippen LogP contribution in [-0.2, 0) is 16.4 Å². The molecule has 0 aliphatic carbocycles. The standard InChI is InChI=1S/C17H29ClN4O3S/c1-6-19-16(21-12-17(2,3)22-26(5,23)24)20-10-9-13-7-8-14(25-4)11-15(13)18/h7-8,11,22H,6,9-10,12H2,1-5H3,(H2,19,20,21). The number of guanidine groups is 1. The van der Waals surface area contributed by atoms with E-state index in [2.05, 4.69) is 20.3 Å². The third-order valence-electron chi connectivity index (χ3n) is 3.39. The smallest absolute Gasteiger partial charge is 0.209 e. The van der Waals surface area contributed by atoms with Crippen molar-refractivity contribution in [2.45, 2.75) is 32.7 Å². The van der Waals surface area contributed by atoms with E-state index in [1.807, 2.05) is 19.1 Å². The minimum atomic E-state index is -3.29. The molecule has 3 N–H and O–H groups in total. The van der Waals surface area contributed by atoms with Crippen LogP contribution in [0.4, 0.5) is 0 Å². The Bertz CT molecular complexity index is 721. The normalized spacial score (nSPS) is 12.8. The molecule has 0 saturated heterocycles. The van der Waals surface area contributed by atoms with Crippen LogP contribution >= 0.6 is 11.6 Å². The highest BCUT2D eigenvalue weighted by molar-refractivity contribution is 7.88. The summed E-state index contributed by atoms with van der Waals surface area (Å²) in [4.78, 5) is 4.46. The Kier molecular flexibility index (Phi) is 8.66. The molecule has 0 aromatic heterocycles. The summed E-state index contributed by atoms with van der Waals surface area (Å²) < 4.78 is 30.5. The van der Waals surface area contributed by atoms with Crippen LogP contribution in [0.1, 0.15) is 26.3 Å². The first-order valence-corrected chi connectivity index (χ1v) is 10.7. The number of nitrogens with one attached hydrogen (secondary N) is 3. The average Bonchev–Trinajstić information content (AvgIpc) is 2.51. The second-order valence-electron chi connectivity index (χ2n) is 6.59. The summed E-state index contributed by atoms with van der Waals surface area (Å²) in [5.41, 5.74) is 0.338. The molecule has 0 spiro atoms. The molecular weight excluding hydrogens is 376 g/mol. The molecule has 0 unspecified atom stereocenters. The molecule has 1 aromatic rings. The van der Waals surface area contributed by atoms with Gasteiger partial charge in [0.25, 0.3) is 0 Å². The van der Waals surface area contributed by atoms with Crippen LogP contribution in [0.5, 0.6) is 5.75 Å².